The standard InChI is InChI=1S/C21H23NO3S/c1-14(12-13-26(3,24)25)17-10-7-11-18-20(17)19(15(2)22-18)21(23)16-8-5-4-6-9-16/h4-11,14,22H,12-13H2,1-3H3. The molecule has 1 atom stereocenters. The van der Waals surface area contributed by atoms with Crippen LogP contribution < -0.4 is 0 Å². The van der Waals surface area contributed by atoms with Crippen molar-refractivity contribution in [1.82, 2.24) is 4.98 Å². The molecular weight excluding hydrogens is 346 g/mol. The first-order chi connectivity index (χ1) is 12.3. The Kier molecular flexibility index (Phi) is 5.01. The van der Waals surface area contributed by atoms with Gasteiger partial charge in [0.15, 0.2) is 5.78 Å². The lowest BCUT2D eigenvalue weighted by atomic mass is 9.91. The molecular formula is C21H23NO3S. The van der Waals surface area contributed by atoms with Crippen molar-refractivity contribution in [2.75, 3.05) is 12.0 Å². The van der Waals surface area contributed by atoms with E-state index in [9.17, 15) is 13.2 Å². The Labute approximate surface area is 154 Å². The summed E-state index contributed by atoms with van der Waals surface area (Å²) in [5, 5.41) is 0.903. The van der Waals surface area contributed by atoms with Gasteiger partial charge in [0.25, 0.3) is 0 Å². The number of hydrogen-bond donors (Lipinski definition) is 1. The molecule has 0 spiro atoms. The Hall–Kier alpha value is -2.40. The van der Waals surface area contributed by atoms with E-state index in [4.69, 9.17) is 0 Å². The lowest BCUT2D eigenvalue weighted by molar-refractivity contribution is 0.103. The number of aryl methyl sites for hydroxylation is 1. The van der Waals surface area contributed by atoms with Crippen molar-refractivity contribution in [1.29, 1.82) is 0 Å². The molecule has 5 heteroatoms. The van der Waals surface area contributed by atoms with E-state index >= 15 is 0 Å². The third-order valence-corrected chi connectivity index (χ3v) is 5.74. The maximum atomic E-state index is 13.1. The largest absolute Gasteiger partial charge is 0.358 e. The fourth-order valence-electron chi connectivity index (χ4n) is 3.38. The number of ketones is 1. The van der Waals surface area contributed by atoms with Crippen molar-refractivity contribution < 1.29 is 13.2 Å². The molecule has 1 heterocycles. The second kappa shape index (κ2) is 7.08. The van der Waals surface area contributed by atoms with Crippen LogP contribution in [0.25, 0.3) is 10.9 Å². The van der Waals surface area contributed by atoms with Crippen molar-refractivity contribution in [2.45, 2.75) is 26.2 Å². The van der Waals surface area contributed by atoms with Gasteiger partial charge in [-0.25, -0.2) is 8.42 Å². The van der Waals surface area contributed by atoms with Crippen LogP contribution in [0, 0.1) is 6.92 Å². The number of sulfone groups is 1. The van der Waals surface area contributed by atoms with Gasteiger partial charge in [-0.05, 0) is 30.9 Å². The average molecular weight is 369 g/mol. The van der Waals surface area contributed by atoms with E-state index in [-0.39, 0.29) is 17.5 Å². The van der Waals surface area contributed by atoms with Gasteiger partial charge in [-0.2, -0.15) is 0 Å². The van der Waals surface area contributed by atoms with Crippen molar-refractivity contribution in [3.05, 3.63) is 70.9 Å². The number of nitrogens with one attached hydrogen (secondary N) is 1. The molecule has 0 aliphatic rings. The van der Waals surface area contributed by atoms with Gasteiger partial charge in [0.05, 0.1) is 11.3 Å². The Morgan fingerprint density at radius 2 is 1.77 bits per heavy atom. The van der Waals surface area contributed by atoms with Gasteiger partial charge >= 0.3 is 0 Å². The Morgan fingerprint density at radius 1 is 1.08 bits per heavy atom. The first-order valence-corrected chi connectivity index (χ1v) is 10.7. The number of carbonyl (C=O) groups excluding carboxylic acids is 1. The second-order valence-corrected chi connectivity index (χ2v) is 9.17. The number of aromatic nitrogens is 1. The van der Waals surface area contributed by atoms with Gasteiger partial charge in [0.1, 0.15) is 9.84 Å². The molecule has 2 aromatic carbocycles. The number of fused-ring (bicyclic) bond motifs is 1. The summed E-state index contributed by atoms with van der Waals surface area (Å²) in [6.07, 6.45) is 1.78. The first-order valence-electron chi connectivity index (χ1n) is 8.66. The zero-order valence-electron chi connectivity index (χ0n) is 15.2. The zero-order valence-corrected chi connectivity index (χ0v) is 16.1. The molecule has 136 valence electrons. The minimum atomic E-state index is -3.02. The molecule has 1 aromatic heterocycles. The van der Waals surface area contributed by atoms with Crippen LogP contribution >= 0.6 is 0 Å². The minimum absolute atomic E-state index is 0.0166. The van der Waals surface area contributed by atoms with Crippen molar-refractivity contribution in [3.8, 4) is 0 Å². The van der Waals surface area contributed by atoms with Crippen molar-refractivity contribution >= 4 is 26.5 Å². The van der Waals surface area contributed by atoms with E-state index < -0.39 is 9.84 Å². The monoisotopic (exact) mass is 369 g/mol. The van der Waals surface area contributed by atoms with Gasteiger partial charge in [-0.1, -0.05) is 49.4 Å². The zero-order chi connectivity index (χ0) is 18.9. The predicted octanol–water partition coefficient (Wildman–Crippen LogP) is 4.25. The number of H-pyrrole nitrogens is 1. The van der Waals surface area contributed by atoms with Crippen molar-refractivity contribution in [2.24, 2.45) is 0 Å². The summed E-state index contributed by atoms with van der Waals surface area (Å²) < 4.78 is 23.1. The highest BCUT2D eigenvalue weighted by molar-refractivity contribution is 7.90. The normalized spacial score (nSPS) is 13.0. The summed E-state index contributed by atoms with van der Waals surface area (Å²) in [5.41, 5.74) is 4.07. The smallest absolute Gasteiger partial charge is 0.195 e. The van der Waals surface area contributed by atoms with Crippen molar-refractivity contribution in [3.63, 3.8) is 0 Å². The van der Waals surface area contributed by atoms with Crippen LogP contribution in [0.4, 0.5) is 0 Å². The molecule has 3 aromatic rings. The van der Waals surface area contributed by atoms with Crippen LogP contribution in [0.15, 0.2) is 48.5 Å². The highest BCUT2D eigenvalue weighted by Gasteiger charge is 2.22. The first kappa shape index (κ1) is 18.4. The number of benzene rings is 2. The minimum Gasteiger partial charge on any atom is -0.358 e. The lowest BCUT2D eigenvalue weighted by Crippen LogP contribution is -2.08. The molecule has 0 fully saturated rings. The maximum absolute atomic E-state index is 13.1. The molecule has 4 nitrogen and oxygen atoms in total. The van der Waals surface area contributed by atoms with E-state index in [1.165, 1.54) is 6.26 Å². The summed E-state index contributed by atoms with van der Waals surface area (Å²) in [5.74, 6) is 0.152. The number of aromatic amines is 1. The van der Waals surface area contributed by atoms with E-state index in [1.807, 2.05) is 62.4 Å². The average Bonchev–Trinajstić information content (AvgIpc) is 2.95. The summed E-state index contributed by atoms with van der Waals surface area (Å²) in [6, 6.07) is 15.1. The third kappa shape index (κ3) is 3.73. The Morgan fingerprint density at radius 3 is 2.42 bits per heavy atom. The third-order valence-electron chi connectivity index (χ3n) is 4.76. The van der Waals surface area contributed by atoms with Gasteiger partial charge in [0.2, 0.25) is 0 Å². The topological polar surface area (TPSA) is 67.0 Å². The van der Waals surface area contributed by atoms with Gasteiger partial charge in [0, 0.05) is 28.4 Å². The molecule has 0 radical (unpaired) electrons. The van der Waals surface area contributed by atoms with Gasteiger partial charge < -0.3 is 4.98 Å². The highest BCUT2D eigenvalue weighted by Crippen LogP contribution is 2.33. The molecule has 3 rings (SSSR count). The van der Waals surface area contributed by atoms with E-state index in [0.717, 1.165) is 22.2 Å². The molecule has 0 aliphatic heterocycles. The molecule has 0 saturated carbocycles. The van der Waals surface area contributed by atoms with Crippen LogP contribution in [0.1, 0.15) is 46.4 Å². The van der Waals surface area contributed by atoms with E-state index in [1.54, 1.807) is 0 Å². The predicted molar refractivity (Wildman–Crippen MR) is 106 cm³/mol. The number of hydrogen-bond acceptors (Lipinski definition) is 3. The van der Waals surface area contributed by atoms with Crippen LogP contribution in [-0.4, -0.2) is 31.2 Å². The van der Waals surface area contributed by atoms with Crippen LogP contribution in [0.5, 0.6) is 0 Å². The fraction of sp³-hybridized carbons (Fsp3) is 0.286. The molecule has 26 heavy (non-hydrogen) atoms. The summed E-state index contributed by atoms with van der Waals surface area (Å²) in [4.78, 5) is 16.4. The SMILES string of the molecule is Cc1[nH]c2cccc(C(C)CCS(C)(=O)=O)c2c1C(=O)c1ccccc1. The van der Waals surface area contributed by atoms with E-state index in [2.05, 4.69) is 4.98 Å². The quantitative estimate of drug-likeness (QED) is 0.661. The van der Waals surface area contributed by atoms with Crippen LogP contribution in [0.3, 0.4) is 0 Å². The second-order valence-electron chi connectivity index (χ2n) is 6.91. The highest BCUT2D eigenvalue weighted by atomic mass is 32.2. The molecule has 1 N–H and O–H groups in total. The Balaban J connectivity index is 2.10. The summed E-state index contributed by atoms with van der Waals surface area (Å²) in [7, 11) is -3.02. The van der Waals surface area contributed by atoms with Gasteiger partial charge in [-0.3, -0.25) is 4.79 Å². The Bertz CT molecular complexity index is 1050. The number of rotatable bonds is 6. The lowest BCUT2D eigenvalue weighted by Gasteiger charge is -2.14. The molecule has 0 aliphatic carbocycles. The fourth-order valence-corrected chi connectivity index (χ4v) is 4.16. The van der Waals surface area contributed by atoms with E-state index in [0.29, 0.717) is 17.5 Å². The molecule has 0 bridgehead atoms. The molecule has 0 saturated heterocycles. The summed E-state index contributed by atoms with van der Waals surface area (Å²) >= 11 is 0. The number of carbonyl (C=O) groups is 1. The molecule has 1 unspecified atom stereocenters. The van der Waals surface area contributed by atoms with Crippen LogP contribution in [-0.2, 0) is 9.84 Å². The maximum Gasteiger partial charge on any atom is 0.195 e. The van der Waals surface area contributed by atoms with Crippen LogP contribution in [0.2, 0.25) is 0 Å². The van der Waals surface area contributed by atoms with Gasteiger partial charge in [-0.15, -0.1) is 0 Å². The summed E-state index contributed by atoms with van der Waals surface area (Å²) in [6.45, 7) is 3.92. The molecule has 0 amide bonds.